The average molecular weight is 288 g/mol. The predicted octanol–water partition coefficient (Wildman–Crippen LogP) is 2.07. The number of sulfonamides is 1. The Morgan fingerprint density at radius 2 is 1.53 bits per heavy atom. The first-order chi connectivity index (χ1) is 9.13. The second kappa shape index (κ2) is 7.04. The first-order valence-electron chi connectivity index (χ1n) is 7.85. The fraction of sp³-hybridized carbons (Fsp3) is 1.00. The molecule has 0 N–H and O–H groups in total. The summed E-state index contributed by atoms with van der Waals surface area (Å²) < 4.78 is 25.8. The van der Waals surface area contributed by atoms with E-state index in [1.807, 2.05) is 6.92 Å². The SMILES string of the molecule is CCCS(=O)(=O)N1CCC(N2CCCCCC2)CC1. The van der Waals surface area contributed by atoms with Gasteiger partial charge >= 0.3 is 0 Å². The molecular formula is C14H28N2O2S. The summed E-state index contributed by atoms with van der Waals surface area (Å²) >= 11 is 0. The summed E-state index contributed by atoms with van der Waals surface area (Å²) in [5, 5.41) is 0. The van der Waals surface area contributed by atoms with Gasteiger partial charge in [-0.3, -0.25) is 0 Å². The maximum absolute atomic E-state index is 12.0. The Morgan fingerprint density at radius 1 is 0.947 bits per heavy atom. The lowest BCUT2D eigenvalue weighted by molar-refractivity contribution is 0.144. The summed E-state index contributed by atoms with van der Waals surface area (Å²) in [5.41, 5.74) is 0. The molecule has 0 aliphatic carbocycles. The van der Waals surface area contributed by atoms with E-state index in [-0.39, 0.29) is 0 Å². The van der Waals surface area contributed by atoms with Crippen LogP contribution in [0.1, 0.15) is 51.9 Å². The number of piperidine rings is 1. The minimum Gasteiger partial charge on any atom is -0.300 e. The van der Waals surface area contributed by atoms with Crippen LogP contribution in [-0.2, 0) is 10.0 Å². The molecule has 112 valence electrons. The van der Waals surface area contributed by atoms with Crippen molar-refractivity contribution in [1.82, 2.24) is 9.21 Å². The highest BCUT2D eigenvalue weighted by Crippen LogP contribution is 2.22. The summed E-state index contributed by atoms with van der Waals surface area (Å²) in [6, 6.07) is 0.617. The minimum absolute atomic E-state index is 0.307. The third kappa shape index (κ3) is 4.17. The first-order valence-corrected chi connectivity index (χ1v) is 9.46. The van der Waals surface area contributed by atoms with Gasteiger partial charge in [0.15, 0.2) is 0 Å². The molecule has 0 atom stereocenters. The van der Waals surface area contributed by atoms with Crippen molar-refractivity contribution >= 4 is 10.0 Å². The zero-order valence-corrected chi connectivity index (χ0v) is 13.0. The summed E-state index contributed by atoms with van der Waals surface area (Å²) in [5.74, 6) is 0.307. The molecule has 0 unspecified atom stereocenters. The lowest BCUT2D eigenvalue weighted by Crippen LogP contribution is -2.47. The van der Waals surface area contributed by atoms with Crippen molar-refractivity contribution in [2.24, 2.45) is 0 Å². The molecule has 2 rings (SSSR count). The van der Waals surface area contributed by atoms with Gasteiger partial charge in [-0.15, -0.1) is 0 Å². The van der Waals surface area contributed by atoms with Crippen LogP contribution < -0.4 is 0 Å². The van der Waals surface area contributed by atoms with E-state index >= 15 is 0 Å². The minimum atomic E-state index is -2.98. The Labute approximate surface area is 118 Å². The van der Waals surface area contributed by atoms with Gasteiger partial charge in [-0.25, -0.2) is 12.7 Å². The van der Waals surface area contributed by atoms with Gasteiger partial charge in [0.2, 0.25) is 10.0 Å². The van der Waals surface area contributed by atoms with E-state index in [4.69, 9.17) is 0 Å². The van der Waals surface area contributed by atoms with Crippen molar-refractivity contribution in [2.45, 2.75) is 57.9 Å². The summed E-state index contributed by atoms with van der Waals surface area (Å²) in [7, 11) is -2.98. The van der Waals surface area contributed by atoms with Crippen LogP contribution in [0.15, 0.2) is 0 Å². The molecule has 2 aliphatic heterocycles. The van der Waals surface area contributed by atoms with Crippen molar-refractivity contribution in [3.8, 4) is 0 Å². The Balaban J connectivity index is 1.84. The Kier molecular flexibility index (Phi) is 5.66. The van der Waals surface area contributed by atoms with Crippen LogP contribution in [0.4, 0.5) is 0 Å². The van der Waals surface area contributed by atoms with E-state index in [2.05, 4.69) is 4.90 Å². The molecule has 0 amide bonds. The quantitative estimate of drug-likeness (QED) is 0.795. The molecule has 2 saturated heterocycles. The summed E-state index contributed by atoms with van der Waals surface area (Å²) in [4.78, 5) is 2.61. The van der Waals surface area contributed by atoms with Gasteiger partial charge in [-0.05, 0) is 45.2 Å². The van der Waals surface area contributed by atoms with Crippen LogP contribution in [0.3, 0.4) is 0 Å². The number of hydrogen-bond acceptors (Lipinski definition) is 3. The van der Waals surface area contributed by atoms with Crippen LogP contribution in [0.2, 0.25) is 0 Å². The molecule has 0 spiro atoms. The topological polar surface area (TPSA) is 40.6 Å². The highest BCUT2D eigenvalue weighted by molar-refractivity contribution is 7.89. The summed E-state index contributed by atoms with van der Waals surface area (Å²) in [6.07, 6.45) is 8.10. The van der Waals surface area contributed by atoms with Gasteiger partial charge in [0.25, 0.3) is 0 Å². The van der Waals surface area contributed by atoms with Crippen LogP contribution in [0.25, 0.3) is 0 Å². The maximum Gasteiger partial charge on any atom is 0.214 e. The molecular weight excluding hydrogens is 260 g/mol. The number of hydrogen-bond donors (Lipinski definition) is 0. The Morgan fingerprint density at radius 3 is 2.05 bits per heavy atom. The lowest BCUT2D eigenvalue weighted by atomic mass is 10.0. The number of likely N-dealkylation sites (tertiary alicyclic amines) is 1. The first kappa shape index (κ1) is 15.3. The molecule has 0 aromatic carbocycles. The molecule has 0 aromatic rings. The number of rotatable bonds is 4. The van der Waals surface area contributed by atoms with Crippen LogP contribution >= 0.6 is 0 Å². The molecule has 0 bridgehead atoms. The molecule has 5 heteroatoms. The lowest BCUT2D eigenvalue weighted by Gasteiger charge is -2.37. The maximum atomic E-state index is 12.0. The van der Waals surface area contributed by atoms with Gasteiger partial charge in [-0.2, -0.15) is 0 Å². The highest BCUT2D eigenvalue weighted by atomic mass is 32.2. The second-order valence-electron chi connectivity index (χ2n) is 5.90. The molecule has 2 aliphatic rings. The third-order valence-electron chi connectivity index (χ3n) is 4.44. The molecule has 2 fully saturated rings. The van der Waals surface area contributed by atoms with Crippen molar-refractivity contribution < 1.29 is 8.42 Å². The fourth-order valence-corrected chi connectivity index (χ4v) is 4.87. The Bertz CT molecular complexity index is 354. The van der Waals surface area contributed by atoms with E-state index in [0.717, 1.165) is 25.9 Å². The normalized spacial score (nSPS) is 25.3. The zero-order valence-electron chi connectivity index (χ0n) is 12.2. The van der Waals surface area contributed by atoms with E-state index in [0.29, 0.717) is 18.2 Å². The molecule has 2 heterocycles. The second-order valence-corrected chi connectivity index (χ2v) is 7.98. The van der Waals surface area contributed by atoms with Gasteiger partial charge in [0.1, 0.15) is 0 Å². The molecule has 0 aromatic heterocycles. The van der Waals surface area contributed by atoms with Gasteiger partial charge < -0.3 is 4.90 Å². The van der Waals surface area contributed by atoms with Crippen LogP contribution in [-0.4, -0.2) is 55.6 Å². The molecule has 4 nitrogen and oxygen atoms in total. The Hall–Kier alpha value is -0.130. The van der Waals surface area contributed by atoms with Crippen molar-refractivity contribution in [3.63, 3.8) is 0 Å². The standard InChI is InChI=1S/C14H28N2O2S/c1-2-13-19(17,18)16-11-7-14(8-12-16)15-9-5-3-4-6-10-15/h14H,2-13H2,1H3. The molecule has 0 radical (unpaired) electrons. The molecule has 0 saturated carbocycles. The van der Waals surface area contributed by atoms with Crippen LogP contribution in [0, 0.1) is 0 Å². The van der Waals surface area contributed by atoms with Crippen molar-refractivity contribution in [1.29, 1.82) is 0 Å². The van der Waals surface area contributed by atoms with Crippen molar-refractivity contribution in [3.05, 3.63) is 0 Å². The largest absolute Gasteiger partial charge is 0.300 e. The van der Waals surface area contributed by atoms with E-state index in [1.165, 1.54) is 38.8 Å². The van der Waals surface area contributed by atoms with E-state index < -0.39 is 10.0 Å². The van der Waals surface area contributed by atoms with Crippen LogP contribution in [0.5, 0.6) is 0 Å². The van der Waals surface area contributed by atoms with E-state index in [9.17, 15) is 8.42 Å². The average Bonchev–Trinajstić information content (AvgIpc) is 2.68. The van der Waals surface area contributed by atoms with Gasteiger partial charge in [0.05, 0.1) is 5.75 Å². The van der Waals surface area contributed by atoms with Gasteiger partial charge in [-0.1, -0.05) is 19.8 Å². The number of nitrogens with zero attached hydrogens (tertiary/aromatic N) is 2. The smallest absolute Gasteiger partial charge is 0.214 e. The van der Waals surface area contributed by atoms with Crippen molar-refractivity contribution in [2.75, 3.05) is 31.9 Å². The monoisotopic (exact) mass is 288 g/mol. The fourth-order valence-electron chi connectivity index (χ4n) is 3.33. The predicted molar refractivity (Wildman–Crippen MR) is 78.7 cm³/mol. The van der Waals surface area contributed by atoms with E-state index in [1.54, 1.807) is 4.31 Å². The highest BCUT2D eigenvalue weighted by Gasteiger charge is 2.30. The summed E-state index contributed by atoms with van der Waals surface area (Å²) in [6.45, 7) is 5.81. The molecule has 19 heavy (non-hydrogen) atoms. The third-order valence-corrected chi connectivity index (χ3v) is 6.51. The van der Waals surface area contributed by atoms with Gasteiger partial charge in [0, 0.05) is 19.1 Å². The zero-order chi connectivity index (χ0) is 13.7.